The number of amides is 1. The zero-order chi connectivity index (χ0) is 14.1. The lowest BCUT2D eigenvalue weighted by Gasteiger charge is -2.05. The number of aromatic nitrogens is 1. The Morgan fingerprint density at radius 3 is 2.85 bits per heavy atom. The van der Waals surface area contributed by atoms with Crippen molar-refractivity contribution >= 4 is 22.7 Å². The number of rotatable bonds is 2. The summed E-state index contributed by atoms with van der Waals surface area (Å²) in [5.41, 5.74) is 1.47. The predicted octanol–water partition coefficient (Wildman–Crippen LogP) is 2.51. The zero-order valence-corrected chi connectivity index (χ0v) is 10.1. The Hall–Kier alpha value is -2.89. The van der Waals surface area contributed by atoms with Gasteiger partial charge in [-0.25, -0.2) is 9.18 Å². The number of carbonyl (C=O) groups excluding carboxylic acids is 1. The minimum Gasteiger partial charge on any atom is -0.408 e. The van der Waals surface area contributed by atoms with Gasteiger partial charge in [0, 0.05) is 11.3 Å². The van der Waals surface area contributed by atoms with Crippen LogP contribution in [0.15, 0.2) is 51.7 Å². The van der Waals surface area contributed by atoms with Gasteiger partial charge in [0.05, 0.1) is 5.52 Å². The van der Waals surface area contributed by atoms with Gasteiger partial charge in [0.25, 0.3) is 5.91 Å². The molecular formula is C14H9FN2O3. The summed E-state index contributed by atoms with van der Waals surface area (Å²) in [4.78, 5) is 25.5. The second kappa shape index (κ2) is 4.65. The van der Waals surface area contributed by atoms with Crippen molar-refractivity contribution in [1.29, 1.82) is 0 Å². The first-order valence-electron chi connectivity index (χ1n) is 5.81. The lowest BCUT2D eigenvalue weighted by Crippen LogP contribution is -2.11. The number of carbonyl (C=O) groups is 1. The highest BCUT2D eigenvalue weighted by Gasteiger charge is 2.09. The van der Waals surface area contributed by atoms with Crippen LogP contribution in [0.2, 0.25) is 0 Å². The summed E-state index contributed by atoms with van der Waals surface area (Å²) in [7, 11) is 0. The predicted molar refractivity (Wildman–Crippen MR) is 71.2 cm³/mol. The van der Waals surface area contributed by atoms with Crippen LogP contribution < -0.4 is 11.1 Å². The fourth-order valence-electron chi connectivity index (χ4n) is 1.86. The molecule has 1 heterocycles. The van der Waals surface area contributed by atoms with Crippen LogP contribution in [0.25, 0.3) is 11.1 Å². The number of benzene rings is 2. The molecule has 0 spiro atoms. The van der Waals surface area contributed by atoms with Crippen molar-refractivity contribution in [2.45, 2.75) is 0 Å². The highest BCUT2D eigenvalue weighted by molar-refractivity contribution is 6.05. The van der Waals surface area contributed by atoms with E-state index in [4.69, 9.17) is 4.42 Å². The summed E-state index contributed by atoms with van der Waals surface area (Å²) in [5.74, 6) is -1.43. The topological polar surface area (TPSA) is 75.1 Å². The van der Waals surface area contributed by atoms with Crippen molar-refractivity contribution in [2.24, 2.45) is 0 Å². The van der Waals surface area contributed by atoms with Crippen LogP contribution in [0, 0.1) is 5.82 Å². The molecule has 0 bridgehead atoms. The second-order valence-electron chi connectivity index (χ2n) is 4.19. The summed E-state index contributed by atoms with van der Waals surface area (Å²) in [6.45, 7) is 0. The summed E-state index contributed by atoms with van der Waals surface area (Å²) in [6.07, 6.45) is 0. The summed E-state index contributed by atoms with van der Waals surface area (Å²) in [6, 6.07) is 10.1. The molecule has 1 aromatic heterocycles. The van der Waals surface area contributed by atoms with Crippen LogP contribution in [0.4, 0.5) is 10.1 Å². The molecule has 3 rings (SSSR count). The normalized spacial score (nSPS) is 10.7. The molecule has 5 nitrogen and oxygen atoms in total. The third-order valence-corrected chi connectivity index (χ3v) is 2.77. The van der Waals surface area contributed by atoms with Gasteiger partial charge in [-0.15, -0.1) is 0 Å². The molecule has 0 aliphatic heterocycles. The SMILES string of the molecule is O=C(Nc1cccc(F)c1)c1ccc2[nH]c(=O)oc2c1. The number of nitrogens with one attached hydrogen (secondary N) is 2. The minimum absolute atomic E-state index is 0.293. The van der Waals surface area contributed by atoms with Gasteiger partial charge < -0.3 is 9.73 Å². The van der Waals surface area contributed by atoms with Gasteiger partial charge in [-0.05, 0) is 36.4 Å². The third kappa shape index (κ3) is 2.31. The summed E-state index contributed by atoms with van der Waals surface area (Å²) < 4.78 is 17.9. The van der Waals surface area contributed by atoms with E-state index >= 15 is 0 Å². The Labute approximate surface area is 112 Å². The van der Waals surface area contributed by atoms with E-state index in [9.17, 15) is 14.0 Å². The van der Waals surface area contributed by atoms with Crippen molar-refractivity contribution in [2.75, 3.05) is 5.32 Å². The van der Waals surface area contributed by atoms with E-state index < -0.39 is 17.5 Å². The number of halogens is 1. The van der Waals surface area contributed by atoms with Crippen molar-refractivity contribution in [3.8, 4) is 0 Å². The van der Waals surface area contributed by atoms with Gasteiger partial charge >= 0.3 is 5.76 Å². The zero-order valence-electron chi connectivity index (χ0n) is 10.1. The van der Waals surface area contributed by atoms with E-state index in [0.717, 1.165) is 0 Å². The second-order valence-corrected chi connectivity index (χ2v) is 4.19. The Morgan fingerprint density at radius 2 is 2.05 bits per heavy atom. The van der Waals surface area contributed by atoms with Crippen LogP contribution in [0.5, 0.6) is 0 Å². The fourth-order valence-corrected chi connectivity index (χ4v) is 1.86. The molecular weight excluding hydrogens is 263 g/mol. The first-order valence-corrected chi connectivity index (χ1v) is 5.81. The molecule has 0 radical (unpaired) electrons. The Balaban J connectivity index is 1.90. The van der Waals surface area contributed by atoms with E-state index in [-0.39, 0.29) is 0 Å². The highest BCUT2D eigenvalue weighted by Crippen LogP contribution is 2.15. The monoisotopic (exact) mass is 272 g/mol. The quantitative estimate of drug-likeness (QED) is 0.752. The molecule has 0 atom stereocenters. The maximum absolute atomic E-state index is 13.0. The van der Waals surface area contributed by atoms with E-state index in [1.54, 1.807) is 18.2 Å². The van der Waals surface area contributed by atoms with Crippen LogP contribution in [0.3, 0.4) is 0 Å². The molecule has 100 valence electrons. The van der Waals surface area contributed by atoms with Crippen molar-refractivity contribution < 1.29 is 13.6 Å². The average molecular weight is 272 g/mol. The fraction of sp³-hybridized carbons (Fsp3) is 0. The van der Waals surface area contributed by atoms with E-state index in [1.807, 2.05) is 0 Å². The molecule has 0 unspecified atom stereocenters. The maximum atomic E-state index is 13.0. The number of fused-ring (bicyclic) bond motifs is 1. The van der Waals surface area contributed by atoms with Gasteiger partial charge in [0.15, 0.2) is 5.58 Å². The number of hydrogen-bond acceptors (Lipinski definition) is 3. The van der Waals surface area contributed by atoms with Crippen molar-refractivity contribution in [3.05, 3.63) is 64.4 Å². The van der Waals surface area contributed by atoms with Gasteiger partial charge in [-0.1, -0.05) is 6.07 Å². The van der Waals surface area contributed by atoms with Crippen molar-refractivity contribution in [3.63, 3.8) is 0 Å². The average Bonchev–Trinajstić information content (AvgIpc) is 2.77. The first-order chi connectivity index (χ1) is 9.61. The molecule has 2 aromatic carbocycles. The first kappa shape index (κ1) is 12.2. The smallest absolute Gasteiger partial charge is 0.408 e. The number of aromatic amines is 1. The van der Waals surface area contributed by atoms with Crippen LogP contribution >= 0.6 is 0 Å². The lowest BCUT2D eigenvalue weighted by atomic mass is 10.2. The number of H-pyrrole nitrogens is 1. The standard InChI is InChI=1S/C14H9FN2O3/c15-9-2-1-3-10(7-9)16-13(18)8-4-5-11-12(6-8)20-14(19)17-11/h1-7H,(H,16,18)(H,17,19). The van der Waals surface area contributed by atoms with E-state index in [1.165, 1.54) is 24.3 Å². The van der Waals surface area contributed by atoms with Gasteiger partial charge in [-0.3, -0.25) is 9.78 Å². The number of oxazole rings is 1. The summed E-state index contributed by atoms with van der Waals surface area (Å²) in [5, 5.41) is 2.56. The van der Waals surface area contributed by atoms with Crippen LogP contribution in [-0.4, -0.2) is 10.9 Å². The molecule has 0 aliphatic rings. The summed E-state index contributed by atoms with van der Waals surface area (Å²) >= 11 is 0. The Bertz CT molecular complexity index is 851. The molecule has 2 N–H and O–H groups in total. The molecule has 3 aromatic rings. The molecule has 1 amide bonds. The van der Waals surface area contributed by atoms with Crippen LogP contribution in [0.1, 0.15) is 10.4 Å². The van der Waals surface area contributed by atoms with E-state index in [0.29, 0.717) is 22.4 Å². The van der Waals surface area contributed by atoms with Gasteiger partial charge in [-0.2, -0.15) is 0 Å². The largest absolute Gasteiger partial charge is 0.417 e. The third-order valence-electron chi connectivity index (χ3n) is 2.77. The van der Waals surface area contributed by atoms with Crippen molar-refractivity contribution in [1.82, 2.24) is 4.98 Å². The van der Waals surface area contributed by atoms with Gasteiger partial charge in [0.2, 0.25) is 0 Å². The molecule has 0 saturated carbocycles. The Kier molecular flexibility index (Phi) is 2.83. The van der Waals surface area contributed by atoms with Crippen LogP contribution in [-0.2, 0) is 0 Å². The highest BCUT2D eigenvalue weighted by atomic mass is 19.1. The molecule has 0 saturated heterocycles. The molecule has 0 fully saturated rings. The Morgan fingerprint density at radius 1 is 1.20 bits per heavy atom. The maximum Gasteiger partial charge on any atom is 0.417 e. The minimum atomic E-state index is -0.581. The molecule has 6 heteroatoms. The molecule has 0 aliphatic carbocycles. The number of anilines is 1. The lowest BCUT2D eigenvalue weighted by molar-refractivity contribution is 0.102. The number of hydrogen-bond donors (Lipinski definition) is 2. The molecule has 20 heavy (non-hydrogen) atoms. The van der Waals surface area contributed by atoms with Gasteiger partial charge in [0.1, 0.15) is 5.82 Å². The van der Waals surface area contributed by atoms with E-state index in [2.05, 4.69) is 10.3 Å².